The Morgan fingerprint density at radius 1 is 0.955 bits per heavy atom. The molecule has 5 aromatic rings. The number of pyridine rings is 1. The maximum atomic E-state index is 14.4. The average molecular weight is 590 g/mol. The van der Waals surface area contributed by atoms with Gasteiger partial charge in [0.05, 0.1) is 30.0 Å². The zero-order valence-corrected chi connectivity index (χ0v) is 24.4. The molecule has 1 fully saturated rings. The van der Waals surface area contributed by atoms with Crippen molar-refractivity contribution in [3.63, 3.8) is 0 Å². The first-order valence-electron chi connectivity index (χ1n) is 14.5. The fraction of sp³-hybridized carbons (Fsp3) is 0.194. The van der Waals surface area contributed by atoms with Crippen LogP contribution in [0, 0.1) is 5.82 Å². The third-order valence-electron chi connectivity index (χ3n) is 7.81. The minimum absolute atomic E-state index is 0.130. The summed E-state index contributed by atoms with van der Waals surface area (Å²) < 4.78 is 26.0. The number of halogens is 1. The average Bonchev–Trinajstić information content (AvgIpc) is 3.08. The SMILES string of the molecule is CN(Cc1ccc(F)cc1)C(=O)c1c(C=O)c(OC(c2ccccc2)c2ccccc2)c2ncccc2c1N1CCOCC1. The van der Waals surface area contributed by atoms with Gasteiger partial charge < -0.3 is 19.3 Å². The van der Waals surface area contributed by atoms with Crippen molar-refractivity contribution in [3.8, 4) is 5.75 Å². The first-order valence-corrected chi connectivity index (χ1v) is 14.5. The highest BCUT2D eigenvalue weighted by Crippen LogP contribution is 2.43. The standard InChI is InChI=1S/C36H32FN3O4/c1-39(23-25-14-16-28(37)17-15-25)36(42)31-30(24-41)35(32-29(13-8-18-38-32)33(31)40-19-21-43-22-20-40)44-34(26-9-4-2-5-10-26)27-11-6-3-7-12-27/h2-18,24,34H,19-23H2,1H3. The molecule has 0 aliphatic carbocycles. The van der Waals surface area contributed by atoms with Crippen LogP contribution in [0.15, 0.2) is 103 Å². The number of aromatic nitrogens is 1. The number of ether oxygens (including phenoxy) is 2. The van der Waals surface area contributed by atoms with Crippen molar-refractivity contribution in [2.24, 2.45) is 0 Å². The Labute approximate surface area is 255 Å². The Balaban J connectivity index is 1.55. The number of fused-ring (bicyclic) bond motifs is 1. The van der Waals surface area contributed by atoms with E-state index in [2.05, 4.69) is 4.90 Å². The lowest BCUT2D eigenvalue weighted by Gasteiger charge is -2.33. The van der Waals surface area contributed by atoms with E-state index in [0.29, 0.717) is 49.2 Å². The molecule has 0 unspecified atom stereocenters. The van der Waals surface area contributed by atoms with Crippen LogP contribution in [0.2, 0.25) is 0 Å². The lowest BCUT2D eigenvalue weighted by molar-refractivity contribution is 0.0780. The second kappa shape index (κ2) is 13.1. The quantitative estimate of drug-likeness (QED) is 0.184. The minimum atomic E-state index is -0.574. The minimum Gasteiger partial charge on any atom is -0.478 e. The molecule has 7 nitrogen and oxygen atoms in total. The lowest BCUT2D eigenvalue weighted by atomic mass is 9.96. The van der Waals surface area contributed by atoms with Gasteiger partial charge in [-0.05, 0) is 41.0 Å². The van der Waals surface area contributed by atoms with Gasteiger partial charge in [-0.25, -0.2) is 4.39 Å². The van der Waals surface area contributed by atoms with Crippen molar-refractivity contribution >= 4 is 28.8 Å². The summed E-state index contributed by atoms with van der Waals surface area (Å²) in [7, 11) is 1.67. The number of anilines is 1. The van der Waals surface area contributed by atoms with Crippen LogP contribution in [0.5, 0.6) is 5.75 Å². The molecule has 0 saturated carbocycles. The normalized spacial score (nSPS) is 13.2. The summed E-state index contributed by atoms with van der Waals surface area (Å²) in [5, 5.41) is 0.702. The molecule has 44 heavy (non-hydrogen) atoms. The second-order valence-electron chi connectivity index (χ2n) is 10.7. The fourth-order valence-corrected chi connectivity index (χ4v) is 5.67. The Kier molecular flexibility index (Phi) is 8.61. The summed E-state index contributed by atoms with van der Waals surface area (Å²) in [4.78, 5) is 35.9. The van der Waals surface area contributed by atoms with Crippen molar-refractivity contribution in [3.05, 3.63) is 137 Å². The third kappa shape index (κ3) is 5.89. The molecule has 222 valence electrons. The van der Waals surface area contributed by atoms with Gasteiger partial charge >= 0.3 is 0 Å². The number of carbonyl (C=O) groups is 2. The van der Waals surface area contributed by atoms with Gasteiger partial charge in [0.15, 0.2) is 12.0 Å². The Morgan fingerprint density at radius 2 is 1.59 bits per heavy atom. The van der Waals surface area contributed by atoms with E-state index in [-0.39, 0.29) is 35.1 Å². The van der Waals surface area contributed by atoms with Gasteiger partial charge in [-0.1, -0.05) is 72.8 Å². The number of aldehydes is 1. The molecule has 6 rings (SSSR count). The molecule has 0 N–H and O–H groups in total. The summed E-state index contributed by atoms with van der Waals surface area (Å²) in [5.41, 5.74) is 4.02. The van der Waals surface area contributed by atoms with Crippen LogP contribution in [0.3, 0.4) is 0 Å². The number of carbonyl (C=O) groups excluding carboxylic acids is 2. The zero-order valence-electron chi connectivity index (χ0n) is 24.4. The topological polar surface area (TPSA) is 72.0 Å². The van der Waals surface area contributed by atoms with Crippen LogP contribution in [-0.4, -0.2) is 55.4 Å². The molecule has 0 radical (unpaired) electrons. The van der Waals surface area contributed by atoms with E-state index in [1.54, 1.807) is 25.4 Å². The molecule has 1 aliphatic heterocycles. The van der Waals surface area contributed by atoms with Gasteiger partial charge in [0.25, 0.3) is 5.91 Å². The Morgan fingerprint density at radius 3 is 2.20 bits per heavy atom. The van der Waals surface area contributed by atoms with E-state index < -0.39 is 6.10 Å². The molecule has 1 saturated heterocycles. The molecule has 1 aliphatic rings. The smallest absolute Gasteiger partial charge is 0.256 e. The van der Waals surface area contributed by atoms with Crippen molar-refractivity contribution in [2.75, 3.05) is 38.3 Å². The maximum absolute atomic E-state index is 14.4. The molecule has 1 aromatic heterocycles. The number of amides is 1. The van der Waals surface area contributed by atoms with Crippen molar-refractivity contribution in [2.45, 2.75) is 12.6 Å². The highest BCUT2D eigenvalue weighted by molar-refractivity contribution is 6.16. The van der Waals surface area contributed by atoms with Gasteiger partial charge in [-0.3, -0.25) is 14.6 Å². The fourth-order valence-electron chi connectivity index (χ4n) is 5.67. The van der Waals surface area contributed by atoms with Crippen molar-refractivity contribution < 1.29 is 23.5 Å². The molecule has 2 heterocycles. The summed E-state index contributed by atoms with van der Waals surface area (Å²) in [5.74, 6) is -0.468. The number of hydrogen-bond acceptors (Lipinski definition) is 6. The first-order chi connectivity index (χ1) is 21.5. The number of nitrogens with zero attached hydrogens (tertiary/aromatic N) is 3. The Bertz CT molecular complexity index is 1720. The number of morpholine rings is 1. The summed E-state index contributed by atoms with van der Waals surface area (Å²) in [6.07, 6.45) is 1.78. The van der Waals surface area contributed by atoms with Crippen LogP contribution in [0.25, 0.3) is 10.9 Å². The van der Waals surface area contributed by atoms with E-state index in [9.17, 15) is 14.0 Å². The monoisotopic (exact) mass is 589 g/mol. The van der Waals surface area contributed by atoms with Crippen LogP contribution in [0.4, 0.5) is 10.1 Å². The van der Waals surface area contributed by atoms with Gasteiger partial charge in [-0.15, -0.1) is 0 Å². The zero-order chi connectivity index (χ0) is 30.5. The molecule has 8 heteroatoms. The molecular formula is C36H32FN3O4. The molecular weight excluding hydrogens is 557 g/mol. The van der Waals surface area contributed by atoms with Gasteiger partial charge in [0.2, 0.25) is 0 Å². The van der Waals surface area contributed by atoms with Crippen LogP contribution < -0.4 is 9.64 Å². The van der Waals surface area contributed by atoms with Crippen LogP contribution in [-0.2, 0) is 11.3 Å². The number of rotatable bonds is 9. The third-order valence-corrected chi connectivity index (χ3v) is 7.81. The van der Waals surface area contributed by atoms with Crippen molar-refractivity contribution in [1.29, 1.82) is 0 Å². The predicted molar refractivity (Wildman–Crippen MR) is 168 cm³/mol. The highest BCUT2D eigenvalue weighted by atomic mass is 19.1. The summed E-state index contributed by atoms with van der Waals surface area (Å²) in [6, 6.07) is 29.2. The van der Waals surface area contributed by atoms with Gasteiger partial charge in [0.1, 0.15) is 17.4 Å². The van der Waals surface area contributed by atoms with E-state index in [4.69, 9.17) is 14.5 Å². The molecule has 0 bridgehead atoms. The van der Waals surface area contributed by atoms with E-state index in [0.717, 1.165) is 16.7 Å². The predicted octanol–water partition coefficient (Wildman–Crippen LogP) is 6.46. The lowest BCUT2D eigenvalue weighted by Crippen LogP contribution is -2.39. The Hall–Kier alpha value is -5.08. The van der Waals surface area contributed by atoms with Crippen LogP contribution in [0.1, 0.15) is 43.5 Å². The molecule has 4 aromatic carbocycles. The van der Waals surface area contributed by atoms with E-state index >= 15 is 0 Å². The van der Waals surface area contributed by atoms with E-state index in [1.807, 2.05) is 72.8 Å². The van der Waals surface area contributed by atoms with Crippen LogP contribution >= 0.6 is 0 Å². The summed E-state index contributed by atoms with van der Waals surface area (Å²) >= 11 is 0. The number of hydrogen-bond donors (Lipinski definition) is 0. The molecule has 1 amide bonds. The summed E-state index contributed by atoms with van der Waals surface area (Å²) in [6.45, 7) is 2.28. The molecule has 0 spiro atoms. The highest BCUT2D eigenvalue weighted by Gasteiger charge is 2.32. The van der Waals surface area contributed by atoms with Gasteiger partial charge in [0, 0.05) is 38.3 Å². The van der Waals surface area contributed by atoms with E-state index in [1.165, 1.54) is 17.0 Å². The first kappa shape index (κ1) is 29.0. The van der Waals surface area contributed by atoms with Gasteiger partial charge in [-0.2, -0.15) is 0 Å². The number of benzene rings is 4. The second-order valence-corrected chi connectivity index (χ2v) is 10.7. The maximum Gasteiger partial charge on any atom is 0.256 e. The largest absolute Gasteiger partial charge is 0.478 e. The van der Waals surface area contributed by atoms with Crippen molar-refractivity contribution in [1.82, 2.24) is 9.88 Å². The molecule has 0 atom stereocenters.